The zero-order chi connectivity index (χ0) is 14.0. The molecule has 1 unspecified atom stereocenters. The fraction of sp³-hybridized carbons (Fsp3) is 0.400. The third-order valence-corrected chi connectivity index (χ3v) is 3.32. The van der Waals surface area contributed by atoms with Gasteiger partial charge in [-0.15, -0.1) is 0 Å². The average Bonchev–Trinajstić information content (AvgIpc) is 2.67. The predicted octanol–water partition coefficient (Wildman–Crippen LogP) is 2.29. The van der Waals surface area contributed by atoms with Gasteiger partial charge in [-0.05, 0) is 31.5 Å². The lowest BCUT2D eigenvalue weighted by atomic mass is 10.00. The van der Waals surface area contributed by atoms with Gasteiger partial charge in [-0.25, -0.2) is 0 Å². The van der Waals surface area contributed by atoms with Crippen molar-refractivity contribution in [3.63, 3.8) is 0 Å². The zero-order valence-corrected chi connectivity index (χ0v) is 12.0. The molecule has 4 nitrogen and oxygen atoms in total. The monoisotopic (exact) mass is 259 g/mol. The van der Waals surface area contributed by atoms with Crippen LogP contribution in [-0.2, 0) is 13.5 Å². The highest BCUT2D eigenvalue weighted by molar-refractivity contribution is 5.39. The highest BCUT2D eigenvalue weighted by atomic mass is 16.5. The first-order valence-corrected chi connectivity index (χ1v) is 6.41. The van der Waals surface area contributed by atoms with E-state index in [9.17, 15) is 0 Å². The Bertz CT molecular complexity index is 575. The van der Waals surface area contributed by atoms with Gasteiger partial charge in [0.25, 0.3) is 0 Å². The second kappa shape index (κ2) is 5.45. The van der Waals surface area contributed by atoms with Crippen molar-refractivity contribution in [1.82, 2.24) is 9.78 Å². The summed E-state index contributed by atoms with van der Waals surface area (Å²) in [4.78, 5) is 0. The number of nitrogens with two attached hydrogens (primary N) is 1. The standard InChI is InChI=1S/C15H21N3O/c1-10-5-6-13(15(7-10)19-4)14(16)9-12-8-11(2)17-18(12)3/h5-8,14H,9,16H2,1-4H3. The Hall–Kier alpha value is -1.81. The first-order chi connectivity index (χ1) is 9.01. The molecule has 1 atom stereocenters. The maximum absolute atomic E-state index is 6.31. The minimum Gasteiger partial charge on any atom is -0.496 e. The van der Waals surface area contributed by atoms with Crippen molar-refractivity contribution >= 4 is 0 Å². The van der Waals surface area contributed by atoms with E-state index in [0.717, 1.165) is 29.1 Å². The number of aryl methyl sites for hydroxylation is 3. The van der Waals surface area contributed by atoms with E-state index in [1.165, 1.54) is 5.56 Å². The molecule has 0 amide bonds. The van der Waals surface area contributed by atoms with Gasteiger partial charge in [0.2, 0.25) is 0 Å². The quantitative estimate of drug-likeness (QED) is 0.916. The van der Waals surface area contributed by atoms with Crippen LogP contribution in [0.5, 0.6) is 5.75 Å². The Kier molecular flexibility index (Phi) is 3.90. The van der Waals surface area contributed by atoms with Gasteiger partial charge >= 0.3 is 0 Å². The molecule has 102 valence electrons. The third kappa shape index (κ3) is 2.96. The zero-order valence-electron chi connectivity index (χ0n) is 12.0. The van der Waals surface area contributed by atoms with Crippen LogP contribution in [0.3, 0.4) is 0 Å². The Morgan fingerprint density at radius 2 is 2.05 bits per heavy atom. The molecular weight excluding hydrogens is 238 g/mol. The topological polar surface area (TPSA) is 53.1 Å². The van der Waals surface area contributed by atoms with Crippen LogP contribution < -0.4 is 10.5 Å². The lowest BCUT2D eigenvalue weighted by Gasteiger charge is -2.16. The molecule has 0 spiro atoms. The summed E-state index contributed by atoms with van der Waals surface area (Å²) < 4.78 is 7.30. The number of aromatic nitrogens is 2. The largest absolute Gasteiger partial charge is 0.496 e. The van der Waals surface area contributed by atoms with Gasteiger partial charge in [0.15, 0.2) is 0 Å². The Labute approximate surface area is 114 Å². The van der Waals surface area contributed by atoms with E-state index >= 15 is 0 Å². The van der Waals surface area contributed by atoms with E-state index in [2.05, 4.69) is 17.2 Å². The van der Waals surface area contributed by atoms with Crippen molar-refractivity contribution in [1.29, 1.82) is 0 Å². The van der Waals surface area contributed by atoms with Crippen LogP contribution in [0.15, 0.2) is 24.3 Å². The highest BCUT2D eigenvalue weighted by Crippen LogP contribution is 2.27. The molecular formula is C15H21N3O. The van der Waals surface area contributed by atoms with Crippen molar-refractivity contribution in [3.8, 4) is 5.75 Å². The first-order valence-electron chi connectivity index (χ1n) is 6.41. The summed E-state index contributed by atoms with van der Waals surface area (Å²) in [7, 11) is 3.63. The van der Waals surface area contributed by atoms with Crippen molar-refractivity contribution in [2.24, 2.45) is 12.8 Å². The SMILES string of the molecule is COc1cc(C)ccc1C(N)Cc1cc(C)nn1C. The summed E-state index contributed by atoms with van der Waals surface area (Å²) >= 11 is 0. The maximum Gasteiger partial charge on any atom is 0.123 e. The molecule has 0 bridgehead atoms. The van der Waals surface area contributed by atoms with E-state index < -0.39 is 0 Å². The van der Waals surface area contributed by atoms with Crippen LogP contribution in [0.1, 0.15) is 28.6 Å². The Morgan fingerprint density at radius 1 is 1.32 bits per heavy atom. The molecule has 0 aliphatic carbocycles. The van der Waals surface area contributed by atoms with Crippen LogP contribution in [0.4, 0.5) is 0 Å². The molecule has 2 N–H and O–H groups in total. The molecule has 0 aliphatic heterocycles. The molecule has 0 radical (unpaired) electrons. The first kappa shape index (κ1) is 13.6. The van der Waals surface area contributed by atoms with Gasteiger partial charge < -0.3 is 10.5 Å². The number of nitrogens with zero attached hydrogens (tertiary/aromatic N) is 2. The second-order valence-corrected chi connectivity index (χ2v) is 4.96. The summed E-state index contributed by atoms with van der Waals surface area (Å²) in [6, 6.07) is 8.10. The summed E-state index contributed by atoms with van der Waals surface area (Å²) in [5, 5.41) is 4.34. The second-order valence-electron chi connectivity index (χ2n) is 4.96. The molecule has 19 heavy (non-hydrogen) atoms. The third-order valence-electron chi connectivity index (χ3n) is 3.32. The van der Waals surface area contributed by atoms with Gasteiger partial charge in [-0.3, -0.25) is 4.68 Å². The van der Waals surface area contributed by atoms with Gasteiger partial charge in [-0.1, -0.05) is 12.1 Å². The normalized spacial score (nSPS) is 12.5. The van der Waals surface area contributed by atoms with Crippen LogP contribution >= 0.6 is 0 Å². The van der Waals surface area contributed by atoms with Crippen molar-refractivity contribution in [2.45, 2.75) is 26.3 Å². The van der Waals surface area contributed by atoms with E-state index in [-0.39, 0.29) is 6.04 Å². The van der Waals surface area contributed by atoms with Crippen LogP contribution in [0.25, 0.3) is 0 Å². The van der Waals surface area contributed by atoms with E-state index in [1.54, 1.807) is 7.11 Å². The van der Waals surface area contributed by atoms with Crippen LogP contribution in [0, 0.1) is 13.8 Å². The number of rotatable bonds is 4. The minimum absolute atomic E-state index is 0.0923. The maximum atomic E-state index is 6.31. The minimum atomic E-state index is -0.0923. The predicted molar refractivity (Wildman–Crippen MR) is 76.3 cm³/mol. The van der Waals surface area contributed by atoms with Gasteiger partial charge in [0.05, 0.1) is 12.8 Å². The molecule has 0 saturated heterocycles. The lowest BCUT2D eigenvalue weighted by Crippen LogP contribution is -2.16. The van der Waals surface area contributed by atoms with Gasteiger partial charge in [0.1, 0.15) is 5.75 Å². The van der Waals surface area contributed by atoms with Gasteiger partial charge in [-0.2, -0.15) is 5.10 Å². The highest BCUT2D eigenvalue weighted by Gasteiger charge is 2.14. The number of methoxy groups -OCH3 is 1. The molecule has 0 fully saturated rings. The van der Waals surface area contributed by atoms with Crippen molar-refractivity contribution < 1.29 is 4.74 Å². The van der Waals surface area contributed by atoms with Crippen molar-refractivity contribution in [2.75, 3.05) is 7.11 Å². The summed E-state index contributed by atoms with van der Waals surface area (Å²) in [5.74, 6) is 0.853. The number of hydrogen-bond donors (Lipinski definition) is 1. The fourth-order valence-electron chi connectivity index (χ4n) is 2.32. The van der Waals surface area contributed by atoms with Crippen LogP contribution in [0.2, 0.25) is 0 Å². The molecule has 0 aliphatic rings. The molecule has 0 saturated carbocycles. The average molecular weight is 259 g/mol. The Balaban J connectivity index is 2.24. The smallest absolute Gasteiger partial charge is 0.123 e. The van der Waals surface area contributed by atoms with E-state index in [0.29, 0.717) is 0 Å². The number of ether oxygens (including phenoxy) is 1. The van der Waals surface area contributed by atoms with E-state index in [1.807, 2.05) is 37.7 Å². The lowest BCUT2D eigenvalue weighted by molar-refractivity contribution is 0.404. The number of hydrogen-bond acceptors (Lipinski definition) is 3. The molecule has 4 heteroatoms. The van der Waals surface area contributed by atoms with Crippen LogP contribution in [-0.4, -0.2) is 16.9 Å². The van der Waals surface area contributed by atoms with E-state index in [4.69, 9.17) is 10.5 Å². The summed E-state index contributed by atoms with van der Waals surface area (Å²) in [5.41, 5.74) is 10.7. The molecule has 2 aromatic rings. The summed E-state index contributed by atoms with van der Waals surface area (Å²) in [6.07, 6.45) is 0.747. The van der Waals surface area contributed by atoms with Gasteiger partial charge in [0, 0.05) is 30.8 Å². The molecule has 1 aromatic heterocycles. The van der Waals surface area contributed by atoms with Crippen molar-refractivity contribution in [3.05, 3.63) is 46.8 Å². The number of benzene rings is 1. The fourth-order valence-corrected chi connectivity index (χ4v) is 2.32. The molecule has 2 rings (SSSR count). The summed E-state index contributed by atoms with van der Waals surface area (Å²) in [6.45, 7) is 4.03. The Morgan fingerprint density at radius 3 is 2.63 bits per heavy atom. The molecule has 1 aromatic carbocycles. The molecule has 1 heterocycles.